The van der Waals surface area contributed by atoms with Crippen LogP contribution in [0.2, 0.25) is 0 Å². The Kier molecular flexibility index (Phi) is 4.35. The smallest absolute Gasteiger partial charge is 0.269 e. The number of hydrogen-bond acceptors (Lipinski definition) is 6. The van der Waals surface area contributed by atoms with Crippen LogP contribution in [0.4, 0.5) is 11.4 Å². The van der Waals surface area contributed by atoms with Crippen LogP contribution >= 0.6 is 11.5 Å². The molecule has 0 radical (unpaired) electrons. The second kappa shape index (κ2) is 6.41. The molecule has 0 unspecified atom stereocenters. The van der Waals surface area contributed by atoms with E-state index in [1.165, 1.54) is 17.4 Å². The molecule has 116 valence electrons. The zero-order valence-electron chi connectivity index (χ0n) is 12.7. The Morgan fingerprint density at radius 2 is 2.05 bits per heavy atom. The van der Waals surface area contributed by atoms with Gasteiger partial charge in [0.15, 0.2) is 0 Å². The number of aryl methyl sites for hydroxylation is 1. The van der Waals surface area contributed by atoms with E-state index in [4.69, 9.17) is 0 Å². The Morgan fingerprint density at radius 3 is 2.68 bits per heavy atom. The minimum atomic E-state index is -0.165. The van der Waals surface area contributed by atoms with E-state index in [1.54, 1.807) is 0 Å². The van der Waals surface area contributed by atoms with Gasteiger partial charge in [0.05, 0.1) is 6.20 Å². The first-order valence-electron chi connectivity index (χ1n) is 7.26. The van der Waals surface area contributed by atoms with Crippen LogP contribution in [0.3, 0.4) is 0 Å². The van der Waals surface area contributed by atoms with Crippen LogP contribution in [0.5, 0.6) is 0 Å². The number of rotatable bonds is 3. The highest BCUT2D eigenvalue weighted by Crippen LogP contribution is 2.25. The molecule has 0 atom stereocenters. The number of nitrogens with zero attached hydrogens (tertiary/aromatic N) is 4. The summed E-state index contributed by atoms with van der Waals surface area (Å²) in [6.45, 7) is 6.31. The average molecular weight is 317 g/mol. The number of carbonyl (C=O) groups excluding carboxylic acids is 1. The molecule has 2 aromatic rings. The number of anilines is 2. The first kappa shape index (κ1) is 14.9. The maximum absolute atomic E-state index is 12.0. The van der Waals surface area contributed by atoms with Gasteiger partial charge in [-0.3, -0.25) is 4.79 Å². The minimum absolute atomic E-state index is 0.165. The molecule has 1 amide bonds. The predicted octanol–water partition coefficient (Wildman–Crippen LogP) is 1.85. The fraction of sp³-hybridized carbons (Fsp3) is 0.400. The van der Waals surface area contributed by atoms with E-state index < -0.39 is 0 Å². The molecular weight excluding hydrogens is 298 g/mol. The van der Waals surface area contributed by atoms with E-state index in [1.807, 2.05) is 12.1 Å². The molecule has 3 rings (SSSR count). The molecule has 1 aromatic carbocycles. The third kappa shape index (κ3) is 3.26. The van der Waals surface area contributed by atoms with Gasteiger partial charge in [0, 0.05) is 37.6 Å². The van der Waals surface area contributed by atoms with Crippen LogP contribution in [0.25, 0.3) is 0 Å². The van der Waals surface area contributed by atoms with Crippen molar-refractivity contribution in [3.63, 3.8) is 0 Å². The summed E-state index contributed by atoms with van der Waals surface area (Å²) in [5.41, 5.74) is 3.21. The van der Waals surface area contributed by atoms with Gasteiger partial charge in [-0.2, -0.15) is 0 Å². The molecule has 22 heavy (non-hydrogen) atoms. The minimum Gasteiger partial charge on any atom is -0.369 e. The third-order valence-corrected chi connectivity index (χ3v) is 4.55. The van der Waals surface area contributed by atoms with Crippen molar-refractivity contribution in [3.05, 3.63) is 34.8 Å². The van der Waals surface area contributed by atoms with Gasteiger partial charge in [-0.25, -0.2) is 0 Å². The molecule has 1 aromatic heterocycles. The van der Waals surface area contributed by atoms with E-state index in [2.05, 4.69) is 44.7 Å². The summed E-state index contributed by atoms with van der Waals surface area (Å²) in [5.74, 6) is -0.165. The predicted molar refractivity (Wildman–Crippen MR) is 88.8 cm³/mol. The largest absolute Gasteiger partial charge is 0.369 e. The lowest BCUT2D eigenvalue weighted by atomic mass is 10.1. The van der Waals surface area contributed by atoms with Crippen LogP contribution < -0.4 is 10.2 Å². The lowest BCUT2D eigenvalue weighted by Gasteiger charge is -2.35. The molecule has 0 saturated carbocycles. The van der Waals surface area contributed by atoms with Crippen molar-refractivity contribution in [1.82, 2.24) is 14.5 Å². The number of benzene rings is 1. The normalized spacial score (nSPS) is 15.8. The van der Waals surface area contributed by atoms with Gasteiger partial charge >= 0.3 is 0 Å². The van der Waals surface area contributed by atoms with E-state index in [-0.39, 0.29) is 5.91 Å². The molecule has 0 bridgehead atoms. The Morgan fingerprint density at radius 1 is 1.27 bits per heavy atom. The molecule has 1 aliphatic heterocycles. The van der Waals surface area contributed by atoms with Crippen molar-refractivity contribution < 1.29 is 4.79 Å². The van der Waals surface area contributed by atoms with Gasteiger partial charge in [-0.05, 0) is 49.3 Å². The number of hydrogen-bond donors (Lipinski definition) is 1. The molecular formula is C15H19N5OS. The van der Waals surface area contributed by atoms with E-state index in [0.717, 1.165) is 43.4 Å². The molecule has 1 fully saturated rings. The maximum atomic E-state index is 12.0. The zero-order chi connectivity index (χ0) is 15.5. The fourth-order valence-electron chi connectivity index (χ4n) is 2.60. The number of aromatic nitrogens is 2. The molecule has 6 nitrogen and oxygen atoms in total. The first-order valence-corrected chi connectivity index (χ1v) is 8.03. The number of amides is 1. The number of carbonyl (C=O) groups is 1. The number of likely N-dealkylation sites (N-methyl/N-ethyl adjacent to an activating group) is 1. The standard InChI is InChI=1S/C15H19N5OS/c1-11-9-12(17-15(21)14-10-16-18-22-14)3-4-13(11)20-7-5-19(2)6-8-20/h3-4,9-10H,5-8H2,1-2H3,(H,17,21). The summed E-state index contributed by atoms with van der Waals surface area (Å²) in [5, 5.41) is 6.57. The quantitative estimate of drug-likeness (QED) is 0.936. The van der Waals surface area contributed by atoms with Crippen molar-refractivity contribution in [2.45, 2.75) is 6.92 Å². The van der Waals surface area contributed by atoms with E-state index in [0.29, 0.717) is 4.88 Å². The summed E-state index contributed by atoms with van der Waals surface area (Å²) in [6.07, 6.45) is 1.48. The average Bonchev–Trinajstić information content (AvgIpc) is 3.03. The summed E-state index contributed by atoms with van der Waals surface area (Å²) in [6, 6.07) is 6.05. The van der Waals surface area contributed by atoms with Gasteiger partial charge in [0.25, 0.3) is 5.91 Å². The van der Waals surface area contributed by atoms with Gasteiger partial charge in [-0.15, -0.1) is 5.10 Å². The summed E-state index contributed by atoms with van der Waals surface area (Å²) in [7, 11) is 2.15. The highest BCUT2D eigenvalue weighted by molar-refractivity contribution is 7.07. The second-order valence-corrected chi connectivity index (χ2v) is 6.31. The Labute approximate surface area is 133 Å². The SMILES string of the molecule is Cc1cc(NC(=O)c2cnns2)ccc1N1CCN(C)CC1. The van der Waals surface area contributed by atoms with Crippen LogP contribution in [-0.2, 0) is 0 Å². The molecule has 1 N–H and O–H groups in total. The molecule has 2 heterocycles. The number of piperazine rings is 1. The summed E-state index contributed by atoms with van der Waals surface area (Å²) < 4.78 is 3.70. The van der Waals surface area contributed by atoms with Crippen molar-refractivity contribution >= 4 is 28.8 Å². The molecule has 1 aliphatic rings. The Balaban J connectivity index is 1.71. The van der Waals surface area contributed by atoms with Crippen molar-refractivity contribution in [2.75, 3.05) is 43.4 Å². The maximum Gasteiger partial charge on any atom is 0.269 e. The third-order valence-electron chi connectivity index (χ3n) is 3.88. The van der Waals surface area contributed by atoms with Gasteiger partial charge in [-0.1, -0.05) is 4.49 Å². The molecule has 7 heteroatoms. The highest BCUT2D eigenvalue weighted by Gasteiger charge is 2.16. The van der Waals surface area contributed by atoms with Gasteiger partial charge in [0.1, 0.15) is 4.88 Å². The lowest BCUT2D eigenvalue weighted by molar-refractivity contribution is 0.103. The van der Waals surface area contributed by atoms with Crippen LogP contribution in [0.1, 0.15) is 15.2 Å². The number of nitrogens with one attached hydrogen (secondary N) is 1. The molecule has 0 aliphatic carbocycles. The molecule has 0 spiro atoms. The molecule has 1 saturated heterocycles. The van der Waals surface area contributed by atoms with Crippen LogP contribution in [0, 0.1) is 6.92 Å². The monoisotopic (exact) mass is 317 g/mol. The van der Waals surface area contributed by atoms with Crippen LogP contribution in [-0.4, -0.2) is 53.6 Å². The zero-order valence-corrected chi connectivity index (χ0v) is 13.6. The first-order chi connectivity index (χ1) is 10.6. The summed E-state index contributed by atoms with van der Waals surface area (Å²) in [4.78, 5) is 17.3. The van der Waals surface area contributed by atoms with Gasteiger partial charge < -0.3 is 15.1 Å². The van der Waals surface area contributed by atoms with Crippen molar-refractivity contribution in [3.8, 4) is 0 Å². The Bertz CT molecular complexity index is 650. The second-order valence-electron chi connectivity index (χ2n) is 5.53. The highest BCUT2D eigenvalue weighted by atomic mass is 32.1. The lowest BCUT2D eigenvalue weighted by Crippen LogP contribution is -2.44. The van der Waals surface area contributed by atoms with Gasteiger partial charge in [0.2, 0.25) is 0 Å². The van der Waals surface area contributed by atoms with Crippen molar-refractivity contribution in [2.24, 2.45) is 0 Å². The van der Waals surface area contributed by atoms with E-state index >= 15 is 0 Å². The fourth-order valence-corrected chi connectivity index (χ4v) is 3.01. The Hall–Kier alpha value is -1.99. The van der Waals surface area contributed by atoms with Crippen molar-refractivity contribution in [1.29, 1.82) is 0 Å². The van der Waals surface area contributed by atoms with Crippen LogP contribution in [0.15, 0.2) is 24.4 Å². The summed E-state index contributed by atoms with van der Waals surface area (Å²) >= 11 is 1.09. The van der Waals surface area contributed by atoms with E-state index in [9.17, 15) is 4.79 Å². The topological polar surface area (TPSA) is 61.4 Å².